The quantitative estimate of drug-likeness (QED) is 0.135. The first-order valence-corrected chi connectivity index (χ1v) is 10.5. The Labute approximate surface area is 201 Å². The van der Waals surface area contributed by atoms with Gasteiger partial charge in [-0.2, -0.15) is 0 Å². The average molecular weight is 490 g/mol. The SMILES string of the molecule is O=C(Cn1cc(COc2cc(O)c3c(=O)c4ccc(O)cc4oc3c2)nn1)Nc1ccc(O)cc1O. The van der Waals surface area contributed by atoms with Gasteiger partial charge in [0, 0.05) is 24.3 Å². The van der Waals surface area contributed by atoms with Gasteiger partial charge in [-0.1, -0.05) is 5.21 Å². The zero-order chi connectivity index (χ0) is 25.4. The van der Waals surface area contributed by atoms with Crippen molar-refractivity contribution >= 4 is 33.5 Å². The largest absolute Gasteiger partial charge is 0.508 e. The first kappa shape index (κ1) is 22.5. The maximum absolute atomic E-state index is 12.7. The van der Waals surface area contributed by atoms with Crippen LogP contribution in [-0.4, -0.2) is 41.3 Å². The van der Waals surface area contributed by atoms with Crippen molar-refractivity contribution in [1.82, 2.24) is 15.0 Å². The first-order valence-electron chi connectivity index (χ1n) is 10.5. The highest BCUT2D eigenvalue weighted by Gasteiger charge is 2.15. The standard InChI is InChI=1S/C24H18N4O8/c29-13-2-4-17(18(31)5-13)25-22(33)10-28-9-12(26-27-28)11-35-15-7-19(32)23-21(8-15)36-20-6-14(30)1-3-16(20)24(23)34/h1-9,29-32H,10-11H2,(H,25,33). The van der Waals surface area contributed by atoms with Crippen LogP contribution in [0.1, 0.15) is 5.69 Å². The molecule has 0 aliphatic carbocycles. The van der Waals surface area contributed by atoms with Crippen molar-refractivity contribution in [2.24, 2.45) is 0 Å². The molecule has 0 aliphatic heterocycles. The monoisotopic (exact) mass is 490 g/mol. The van der Waals surface area contributed by atoms with Gasteiger partial charge in [0.25, 0.3) is 0 Å². The maximum Gasteiger partial charge on any atom is 0.246 e. The van der Waals surface area contributed by atoms with E-state index in [0.29, 0.717) is 5.69 Å². The summed E-state index contributed by atoms with van der Waals surface area (Å²) in [6.07, 6.45) is 1.48. The van der Waals surface area contributed by atoms with E-state index in [-0.39, 0.29) is 69.5 Å². The number of nitrogens with one attached hydrogen (secondary N) is 1. The van der Waals surface area contributed by atoms with E-state index in [1.807, 2.05) is 0 Å². The van der Waals surface area contributed by atoms with Crippen LogP contribution in [0.25, 0.3) is 21.9 Å². The number of fused-ring (bicyclic) bond motifs is 2. The molecule has 2 heterocycles. The Hall–Kier alpha value is -5.26. The number of rotatable bonds is 6. The van der Waals surface area contributed by atoms with Gasteiger partial charge in [0.05, 0.1) is 17.3 Å². The summed E-state index contributed by atoms with van der Waals surface area (Å²) in [6, 6.07) is 10.6. The summed E-state index contributed by atoms with van der Waals surface area (Å²) in [5, 5.41) is 49.7. The van der Waals surface area contributed by atoms with Crippen molar-refractivity contribution < 1.29 is 34.4 Å². The minimum absolute atomic E-state index is 0.0165. The number of hydrogen-bond donors (Lipinski definition) is 5. The van der Waals surface area contributed by atoms with Gasteiger partial charge < -0.3 is 34.9 Å². The van der Waals surface area contributed by atoms with Crippen LogP contribution in [0, 0.1) is 0 Å². The van der Waals surface area contributed by atoms with Crippen LogP contribution in [0.3, 0.4) is 0 Å². The smallest absolute Gasteiger partial charge is 0.246 e. The van der Waals surface area contributed by atoms with Crippen LogP contribution in [0.15, 0.2) is 63.9 Å². The Kier molecular flexibility index (Phi) is 5.53. The fraction of sp³-hybridized carbons (Fsp3) is 0.0833. The third kappa shape index (κ3) is 4.42. The number of phenols is 4. The number of aromatic nitrogens is 3. The lowest BCUT2D eigenvalue weighted by Gasteiger charge is -2.08. The second kappa shape index (κ2) is 8.83. The predicted molar refractivity (Wildman–Crippen MR) is 126 cm³/mol. The van der Waals surface area contributed by atoms with Gasteiger partial charge in [-0.25, -0.2) is 4.68 Å². The molecule has 0 fully saturated rings. The predicted octanol–water partition coefficient (Wildman–Crippen LogP) is 2.58. The molecular weight excluding hydrogens is 472 g/mol. The van der Waals surface area contributed by atoms with Gasteiger partial charge in [0.2, 0.25) is 11.3 Å². The first-order chi connectivity index (χ1) is 17.3. The second-order valence-electron chi connectivity index (χ2n) is 7.87. The van der Waals surface area contributed by atoms with Gasteiger partial charge in [-0.05, 0) is 24.3 Å². The number of hydrogen-bond acceptors (Lipinski definition) is 10. The van der Waals surface area contributed by atoms with Gasteiger partial charge in [0.1, 0.15) is 64.1 Å². The molecule has 5 rings (SSSR count). The molecular formula is C24H18N4O8. The van der Waals surface area contributed by atoms with Gasteiger partial charge >= 0.3 is 0 Å². The summed E-state index contributed by atoms with van der Waals surface area (Å²) in [4.78, 5) is 25.0. The van der Waals surface area contributed by atoms with E-state index in [2.05, 4.69) is 15.6 Å². The van der Waals surface area contributed by atoms with Crippen LogP contribution in [-0.2, 0) is 17.9 Å². The molecule has 5 aromatic rings. The number of anilines is 1. The van der Waals surface area contributed by atoms with E-state index in [4.69, 9.17) is 9.15 Å². The summed E-state index contributed by atoms with van der Waals surface area (Å²) in [6.45, 7) is -0.265. The van der Waals surface area contributed by atoms with Gasteiger partial charge in [-0.15, -0.1) is 5.10 Å². The Morgan fingerprint density at radius 2 is 1.75 bits per heavy atom. The fourth-order valence-electron chi connectivity index (χ4n) is 3.61. The number of phenolic OH excluding ortho intramolecular Hbond substituents is 4. The van der Waals surface area contributed by atoms with E-state index in [1.165, 1.54) is 53.3 Å². The highest BCUT2D eigenvalue weighted by molar-refractivity contribution is 5.94. The molecule has 0 aliphatic rings. The highest BCUT2D eigenvalue weighted by Crippen LogP contribution is 2.32. The molecule has 0 saturated carbocycles. The molecule has 2 aromatic heterocycles. The van der Waals surface area contributed by atoms with Crippen molar-refractivity contribution in [3.05, 3.63) is 70.6 Å². The maximum atomic E-state index is 12.7. The molecule has 0 bridgehead atoms. The molecule has 0 radical (unpaired) electrons. The zero-order valence-electron chi connectivity index (χ0n) is 18.4. The molecule has 0 unspecified atom stereocenters. The zero-order valence-corrected chi connectivity index (χ0v) is 18.4. The summed E-state index contributed by atoms with van der Waals surface area (Å²) < 4.78 is 12.6. The summed E-state index contributed by atoms with van der Waals surface area (Å²) in [5.41, 5.74) is 0.293. The third-order valence-electron chi connectivity index (χ3n) is 5.25. The number of amides is 1. The topological polar surface area (TPSA) is 180 Å². The molecule has 3 aromatic carbocycles. The number of carbonyl (C=O) groups excluding carboxylic acids is 1. The number of benzene rings is 3. The van der Waals surface area contributed by atoms with E-state index in [1.54, 1.807) is 0 Å². The summed E-state index contributed by atoms with van der Waals surface area (Å²) in [7, 11) is 0. The van der Waals surface area contributed by atoms with E-state index < -0.39 is 11.3 Å². The molecule has 0 spiro atoms. The minimum atomic E-state index is -0.485. The molecule has 5 N–H and O–H groups in total. The normalized spacial score (nSPS) is 11.1. The minimum Gasteiger partial charge on any atom is -0.508 e. The lowest BCUT2D eigenvalue weighted by atomic mass is 10.1. The van der Waals surface area contributed by atoms with Crippen LogP contribution in [0.4, 0.5) is 5.69 Å². The van der Waals surface area contributed by atoms with Crippen molar-refractivity contribution in [1.29, 1.82) is 0 Å². The molecule has 12 nitrogen and oxygen atoms in total. The average Bonchev–Trinajstić information content (AvgIpc) is 3.26. The number of aromatic hydroxyl groups is 4. The molecule has 1 amide bonds. The van der Waals surface area contributed by atoms with E-state index in [9.17, 15) is 30.0 Å². The number of ether oxygens (including phenoxy) is 1. The van der Waals surface area contributed by atoms with Crippen LogP contribution in [0.2, 0.25) is 0 Å². The second-order valence-corrected chi connectivity index (χ2v) is 7.87. The molecule has 182 valence electrons. The van der Waals surface area contributed by atoms with Crippen LogP contribution in [0.5, 0.6) is 28.7 Å². The van der Waals surface area contributed by atoms with E-state index >= 15 is 0 Å². The van der Waals surface area contributed by atoms with Crippen molar-refractivity contribution in [2.45, 2.75) is 13.2 Å². The van der Waals surface area contributed by atoms with Crippen molar-refractivity contribution in [2.75, 3.05) is 5.32 Å². The van der Waals surface area contributed by atoms with Gasteiger partial charge in [-0.3, -0.25) is 9.59 Å². The Morgan fingerprint density at radius 3 is 2.56 bits per heavy atom. The van der Waals surface area contributed by atoms with Crippen molar-refractivity contribution in [3.63, 3.8) is 0 Å². The lowest BCUT2D eigenvalue weighted by molar-refractivity contribution is -0.116. The van der Waals surface area contributed by atoms with E-state index in [0.717, 1.165) is 6.07 Å². The number of nitrogens with zero attached hydrogens (tertiary/aromatic N) is 3. The van der Waals surface area contributed by atoms with Gasteiger partial charge in [0.15, 0.2) is 0 Å². The Morgan fingerprint density at radius 1 is 0.972 bits per heavy atom. The molecule has 0 saturated heterocycles. The third-order valence-corrected chi connectivity index (χ3v) is 5.25. The Balaban J connectivity index is 1.29. The van der Waals surface area contributed by atoms with Crippen LogP contribution >= 0.6 is 0 Å². The molecule has 12 heteroatoms. The fourth-order valence-corrected chi connectivity index (χ4v) is 3.61. The summed E-state index contributed by atoms with van der Waals surface area (Å²) >= 11 is 0. The van der Waals surface area contributed by atoms with Crippen LogP contribution < -0.4 is 15.5 Å². The lowest BCUT2D eigenvalue weighted by Crippen LogP contribution is -2.19. The molecule has 36 heavy (non-hydrogen) atoms. The summed E-state index contributed by atoms with van der Waals surface area (Å²) in [5.74, 6) is -1.11. The number of carbonyl (C=O) groups is 1. The highest BCUT2D eigenvalue weighted by atomic mass is 16.5. The molecule has 0 atom stereocenters. The van der Waals surface area contributed by atoms with Crippen molar-refractivity contribution in [3.8, 4) is 28.7 Å². The Bertz CT molecular complexity index is 1690.